The molecule has 2 fully saturated rings. The van der Waals surface area contributed by atoms with Gasteiger partial charge in [0.1, 0.15) is 11.4 Å². The first kappa shape index (κ1) is 17.9. The topological polar surface area (TPSA) is 75.3 Å². The van der Waals surface area contributed by atoms with Crippen LogP contribution < -0.4 is 5.56 Å². The van der Waals surface area contributed by atoms with E-state index in [0.29, 0.717) is 24.8 Å². The number of hydrogen-bond acceptors (Lipinski definition) is 4. The molecule has 0 spiro atoms. The van der Waals surface area contributed by atoms with Crippen molar-refractivity contribution in [2.45, 2.75) is 51.2 Å². The van der Waals surface area contributed by atoms with Gasteiger partial charge in [-0.15, -0.1) is 0 Å². The van der Waals surface area contributed by atoms with E-state index in [-0.39, 0.29) is 23.1 Å². The fraction of sp³-hybridized carbons (Fsp3) is 0.476. The second-order valence-electron chi connectivity index (χ2n) is 7.53. The molecule has 6 heteroatoms. The fourth-order valence-electron chi connectivity index (χ4n) is 3.54. The van der Waals surface area contributed by atoms with Gasteiger partial charge in [0.05, 0.1) is 6.10 Å². The molecule has 1 saturated heterocycles. The van der Waals surface area contributed by atoms with Crippen LogP contribution in [0.2, 0.25) is 0 Å². The molecule has 6 nitrogen and oxygen atoms in total. The summed E-state index contributed by atoms with van der Waals surface area (Å²) < 4.78 is 5.73. The Kier molecular flexibility index (Phi) is 5.07. The SMILES string of the molecule is Cc1ccccc1CN(C[C@H]1CCCO1)C(=O)c1cnc(C2CC2)[nH]c1=O. The van der Waals surface area contributed by atoms with Gasteiger partial charge in [0.25, 0.3) is 11.5 Å². The zero-order chi connectivity index (χ0) is 18.8. The summed E-state index contributed by atoms with van der Waals surface area (Å²) in [4.78, 5) is 34.5. The maximum Gasteiger partial charge on any atom is 0.263 e. The average molecular weight is 367 g/mol. The summed E-state index contributed by atoms with van der Waals surface area (Å²) in [5.41, 5.74) is 1.95. The number of carbonyl (C=O) groups excluding carboxylic acids is 1. The van der Waals surface area contributed by atoms with E-state index in [1.165, 1.54) is 6.20 Å². The Morgan fingerprint density at radius 2 is 2.11 bits per heavy atom. The molecule has 1 atom stereocenters. The number of amides is 1. The Bertz CT molecular complexity index is 882. The second-order valence-corrected chi connectivity index (χ2v) is 7.53. The number of aromatic amines is 1. The van der Waals surface area contributed by atoms with Gasteiger partial charge in [-0.3, -0.25) is 9.59 Å². The van der Waals surface area contributed by atoms with E-state index in [9.17, 15) is 9.59 Å². The normalized spacial score (nSPS) is 19.2. The molecular formula is C21H25N3O3. The third kappa shape index (κ3) is 4.11. The van der Waals surface area contributed by atoms with Gasteiger partial charge in [-0.1, -0.05) is 24.3 Å². The van der Waals surface area contributed by atoms with Gasteiger partial charge >= 0.3 is 0 Å². The number of nitrogens with one attached hydrogen (secondary N) is 1. The summed E-state index contributed by atoms with van der Waals surface area (Å²) in [5.74, 6) is 0.753. The van der Waals surface area contributed by atoms with Crippen LogP contribution in [0.15, 0.2) is 35.3 Å². The lowest BCUT2D eigenvalue weighted by Gasteiger charge is -2.26. The van der Waals surface area contributed by atoms with Crippen LogP contribution in [0.5, 0.6) is 0 Å². The molecule has 4 rings (SSSR count). The lowest BCUT2D eigenvalue weighted by molar-refractivity contribution is 0.0505. The Labute approximate surface area is 158 Å². The largest absolute Gasteiger partial charge is 0.376 e. The molecule has 0 radical (unpaired) electrons. The predicted octanol–water partition coefficient (Wildman–Crippen LogP) is 2.78. The third-order valence-corrected chi connectivity index (χ3v) is 5.37. The molecule has 1 aromatic carbocycles. The molecule has 1 aliphatic carbocycles. The minimum Gasteiger partial charge on any atom is -0.376 e. The molecule has 1 aliphatic heterocycles. The van der Waals surface area contributed by atoms with Crippen molar-refractivity contribution in [2.24, 2.45) is 0 Å². The van der Waals surface area contributed by atoms with Crippen molar-refractivity contribution < 1.29 is 9.53 Å². The molecular weight excluding hydrogens is 342 g/mol. The molecule has 2 aliphatic rings. The number of ether oxygens (including phenoxy) is 1. The van der Waals surface area contributed by atoms with Crippen molar-refractivity contribution >= 4 is 5.91 Å². The molecule has 142 valence electrons. The highest BCUT2D eigenvalue weighted by molar-refractivity contribution is 5.93. The van der Waals surface area contributed by atoms with E-state index in [0.717, 1.165) is 43.4 Å². The number of hydrogen-bond donors (Lipinski definition) is 1. The first-order valence-corrected chi connectivity index (χ1v) is 9.66. The maximum atomic E-state index is 13.2. The number of H-pyrrole nitrogens is 1. The third-order valence-electron chi connectivity index (χ3n) is 5.37. The number of nitrogens with zero attached hydrogens (tertiary/aromatic N) is 2. The van der Waals surface area contributed by atoms with Gasteiger partial charge in [-0.05, 0) is 43.7 Å². The number of benzene rings is 1. The smallest absolute Gasteiger partial charge is 0.263 e. The molecule has 1 N–H and O–H groups in total. The van der Waals surface area contributed by atoms with E-state index in [1.807, 2.05) is 31.2 Å². The Morgan fingerprint density at radius 3 is 2.78 bits per heavy atom. The van der Waals surface area contributed by atoms with Gasteiger partial charge in [0.2, 0.25) is 0 Å². The Hall–Kier alpha value is -2.47. The van der Waals surface area contributed by atoms with Crippen LogP contribution in [0.25, 0.3) is 0 Å². The second kappa shape index (κ2) is 7.64. The van der Waals surface area contributed by atoms with Gasteiger partial charge in [0, 0.05) is 31.8 Å². The van der Waals surface area contributed by atoms with E-state index in [4.69, 9.17) is 4.74 Å². The zero-order valence-electron chi connectivity index (χ0n) is 15.6. The predicted molar refractivity (Wildman–Crippen MR) is 102 cm³/mol. The first-order valence-electron chi connectivity index (χ1n) is 9.66. The summed E-state index contributed by atoms with van der Waals surface area (Å²) in [6.07, 6.45) is 5.51. The average Bonchev–Trinajstić information content (AvgIpc) is 3.39. The molecule has 0 bridgehead atoms. The number of rotatable bonds is 6. The van der Waals surface area contributed by atoms with E-state index >= 15 is 0 Å². The van der Waals surface area contributed by atoms with Gasteiger partial charge < -0.3 is 14.6 Å². The van der Waals surface area contributed by atoms with Crippen molar-refractivity contribution in [3.63, 3.8) is 0 Å². The molecule has 27 heavy (non-hydrogen) atoms. The number of carbonyl (C=O) groups is 1. The maximum absolute atomic E-state index is 13.2. The standard InChI is InChI=1S/C21H25N3O3/c1-14-5-2-3-6-16(14)12-24(13-17-7-4-10-27-17)21(26)18-11-22-19(15-8-9-15)23-20(18)25/h2-3,5-6,11,15,17H,4,7-10,12-13H2,1H3,(H,22,23,25)/t17-/m1/s1. The van der Waals surface area contributed by atoms with Crippen LogP contribution in [-0.4, -0.2) is 40.0 Å². The van der Waals surface area contributed by atoms with Crippen molar-refractivity contribution in [2.75, 3.05) is 13.2 Å². The van der Waals surface area contributed by atoms with Crippen LogP contribution in [0, 0.1) is 6.92 Å². The van der Waals surface area contributed by atoms with Crippen LogP contribution in [0.3, 0.4) is 0 Å². The summed E-state index contributed by atoms with van der Waals surface area (Å²) in [6, 6.07) is 8.00. The van der Waals surface area contributed by atoms with E-state index < -0.39 is 0 Å². The molecule has 0 unspecified atom stereocenters. The first-order chi connectivity index (χ1) is 13.1. The summed E-state index contributed by atoms with van der Waals surface area (Å²) in [6.45, 7) is 3.70. The minimum atomic E-state index is -0.348. The fourth-order valence-corrected chi connectivity index (χ4v) is 3.54. The molecule has 1 amide bonds. The lowest BCUT2D eigenvalue weighted by Crippen LogP contribution is -2.39. The van der Waals surface area contributed by atoms with Gasteiger partial charge in [-0.25, -0.2) is 4.98 Å². The number of aromatic nitrogens is 2. The number of aryl methyl sites for hydroxylation is 1. The summed E-state index contributed by atoms with van der Waals surface area (Å²) in [7, 11) is 0. The lowest BCUT2D eigenvalue weighted by atomic mass is 10.1. The highest BCUT2D eigenvalue weighted by Gasteiger charge is 2.29. The molecule has 2 aromatic rings. The van der Waals surface area contributed by atoms with Gasteiger partial charge in [0.15, 0.2) is 0 Å². The molecule has 1 saturated carbocycles. The van der Waals surface area contributed by atoms with Crippen molar-refractivity contribution in [1.82, 2.24) is 14.9 Å². The van der Waals surface area contributed by atoms with E-state index in [1.54, 1.807) is 4.90 Å². The molecule has 2 heterocycles. The van der Waals surface area contributed by atoms with Crippen molar-refractivity contribution in [3.8, 4) is 0 Å². The monoisotopic (exact) mass is 367 g/mol. The van der Waals surface area contributed by atoms with Crippen molar-refractivity contribution in [3.05, 3.63) is 63.3 Å². The Balaban J connectivity index is 1.59. The molecule has 1 aromatic heterocycles. The van der Waals surface area contributed by atoms with Crippen molar-refractivity contribution in [1.29, 1.82) is 0 Å². The highest BCUT2D eigenvalue weighted by Crippen LogP contribution is 2.37. The Morgan fingerprint density at radius 1 is 1.30 bits per heavy atom. The van der Waals surface area contributed by atoms with Crippen LogP contribution in [0.1, 0.15) is 58.9 Å². The zero-order valence-corrected chi connectivity index (χ0v) is 15.6. The van der Waals surface area contributed by atoms with Crippen LogP contribution >= 0.6 is 0 Å². The van der Waals surface area contributed by atoms with Gasteiger partial charge in [-0.2, -0.15) is 0 Å². The van der Waals surface area contributed by atoms with Crippen LogP contribution in [-0.2, 0) is 11.3 Å². The quantitative estimate of drug-likeness (QED) is 0.852. The highest BCUT2D eigenvalue weighted by atomic mass is 16.5. The van der Waals surface area contributed by atoms with Crippen LogP contribution in [0.4, 0.5) is 0 Å². The summed E-state index contributed by atoms with van der Waals surface area (Å²) >= 11 is 0. The minimum absolute atomic E-state index is 0.0238. The summed E-state index contributed by atoms with van der Waals surface area (Å²) in [5, 5.41) is 0. The van der Waals surface area contributed by atoms with E-state index in [2.05, 4.69) is 9.97 Å².